The van der Waals surface area contributed by atoms with E-state index in [1.54, 1.807) is 19.1 Å². The summed E-state index contributed by atoms with van der Waals surface area (Å²) in [5, 5.41) is 2.52. The molecule has 154 valence electrons. The van der Waals surface area contributed by atoms with Crippen LogP contribution in [0.1, 0.15) is 18.4 Å². The minimum atomic E-state index is -3.93. The quantitative estimate of drug-likeness (QED) is 0.822. The lowest BCUT2D eigenvalue weighted by molar-refractivity contribution is -0.119. The van der Waals surface area contributed by atoms with Crippen LogP contribution >= 0.6 is 0 Å². The van der Waals surface area contributed by atoms with Gasteiger partial charge in [-0.05, 0) is 49.6 Å². The Morgan fingerprint density at radius 3 is 2.66 bits per heavy atom. The molecule has 4 rings (SSSR count). The summed E-state index contributed by atoms with van der Waals surface area (Å²) < 4.78 is 52.5. The Kier molecular flexibility index (Phi) is 5.18. The maximum atomic E-state index is 14.1. The molecule has 29 heavy (non-hydrogen) atoms. The predicted molar refractivity (Wildman–Crippen MR) is 104 cm³/mol. The van der Waals surface area contributed by atoms with Gasteiger partial charge in [0.1, 0.15) is 25.1 Å². The van der Waals surface area contributed by atoms with Crippen molar-refractivity contribution in [3.8, 4) is 11.5 Å². The Balaban J connectivity index is 1.57. The molecular formula is C20H21FN2O5S. The Bertz CT molecular complexity index is 1060. The van der Waals surface area contributed by atoms with Gasteiger partial charge in [-0.15, -0.1) is 0 Å². The topological polar surface area (TPSA) is 84.9 Å². The number of ether oxygens (including phenoxy) is 2. The number of rotatable bonds is 4. The van der Waals surface area contributed by atoms with Crippen molar-refractivity contribution in [2.45, 2.75) is 30.7 Å². The molecule has 0 aliphatic carbocycles. The molecule has 1 amide bonds. The number of halogens is 1. The molecule has 1 N–H and O–H groups in total. The number of sulfonamides is 1. The largest absolute Gasteiger partial charge is 0.486 e. The van der Waals surface area contributed by atoms with E-state index in [-0.39, 0.29) is 17.1 Å². The molecule has 1 atom stereocenters. The molecule has 0 bridgehead atoms. The number of carbonyl (C=O) groups excluding carboxylic acids is 1. The second-order valence-corrected chi connectivity index (χ2v) is 8.94. The summed E-state index contributed by atoms with van der Waals surface area (Å²) in [7, 11) is -3.93. The van der Waals surface area contributed by atoms with Gasteiger partial charge in [0, 0.05) is 12.6 Å². The van der Waals surface area contributed by atoms with Gasteiger partial charge in [0.05, 0.1) is 10.6 Å². The predicted octanol–water partition coefficient (Wildman–Crippen LogP) is 2.70. The van der Waals surface area contributed by atoms with Gasteiger partial charge in [0.15, 0.2) is 11.5 Å². The number of nitrogens with zero attached hydrogens (tertiary/aromatic N) is 1. The lowest BCUT2D eigenvalue weighted by Gasteiger charge is -2.24. The first kappa shape index (κ1) is 19.7. The zero-order chi connectivity index (χ0) is 20.6. The third kappa shape index (κ3) is 3.79. The standard InChI is InChI=1S/C20H21FN2O5S/c1-13-4-6-16(15(21)11-13)22-20(24)17-3-2-8-23(17)29(25,26)14-5-7-18-19(12-14)28-10-9-27-18/h4-7,11-12,17H,2-3,8-10H2,1H3,(H,22,24)/t17-/m1/s1. The van der Waals surface area contributed by atoms with E-state index in [2.05, 4.69) is 5.32 Å². The molecule has 0 saturated carbocycles. The highest BCUT2D eigenvalue weighted by atomic mass is 32.2. The minimum absolute atomic E-state index is 0.0305. The van der Waals surface area contributed by atoms with Crippen LogP contribution < -0.4 is 14.8 Å². The van der Waals surface area contributed by atoms with E-state index in [0.717, 1.165) is 5.56 Å². The number of carbonyl (C=O) groups is 1. The summed E-state index contributed by atoms with van der Waals surface area (Å²) in [6.45, 7) is 2.70. The molecule has 2 aliphatic heterocycles. The fourth-order valence-electron chi connectivity index (χ4n) is 3.55. The van der Waals surface area contributed by atoms with Crippen LogP contribution in [0.3, 0.4) is 0 Å². The van der Waals surface area contributed by atoms with E-state index in [1.807, 2.05) is 0 Å². The highest BCUT2D eigenvalue weighted by molar-refractivity contribution is 7.89. The van der Waals surface area contributed by atoms with Gasteiger partial charge < -0.3 is 14.8 Å². The Morgan fingerprint density at radius 1 is 1.14 bits per heavy atom. The number of benzene rings is 2. The van der Waals surface area contributed by atoms with E-state index < -0.39 is 27.8 Å². The zero-order valence-corrected chi connectivity index (χ0v) is 16.7. The number of hydrogen-bond acceptors (Lipinski definition) is 5. The molecule has 0 spiro atoms. The van der Waals surface area contributed by atoms with Crippen molar-refractivity contribution in [3.05, 3.63) is 47.8 Å². The summed E-state index contributed by atoms with van der Waals surface area (Å²) in [5.41, 5.74) is 0.758. The molecule has 2 heterocycles. The molecule has 7 nitrogen and oxygen atoms in total. The number of hydrogen-bond donors (Lipinski definition) is 1. The Hall–Kier alpha value is -2.65. The van der Waals surface area contributed by atoms with Crippen molar-refractivity contribution in [1.82, 2.24) is 4.31 Å². The highest BCUT2D eigenvalue weighted by Gasteiger charge is 2.40. The van der Waals surface area contributed by atoms with E-state index >= 15 is 0 Å². The Morgan fingerprint density at radius 2 is 1.90 bits per heavy atom. The van der Waals surface area contributed by atoms with Crippen LogP contribution in [0, 0.1) is 12.7 Å². The van der Waals surface area contributed by atoms with E-state index in [9.17, 15) is 17.6 Å². The van der Waals surface area contributed by atoms with Crippen molar-refractivity contribution >= 4 is 21.6 Å². The lowest BCUT2D eigenvalue weighted by Crippen LogP contribution is -2.43. The number of aryl methyl sites for hydroxylation is 1. The molecule has 0 aromatic heterocycles. The van der Waals surface area contributed by atoms with Crippen LogP contribution in [0.5, 0.6) is 11.5 Å². The SMILES string of the molecule is Cc1ccc(NC(=O)[C@H]2CCCN2S(=O)(=O)c2ccc3c(c2)OCCO3)c(F)c1. The first-order chi connectivity index (χ1) is 13.9. The summed E-state index contributed by atoms with van der Waals surface area (Å²) in [6, 6.07) is 7.96. The second-order valence-electron chi connectivity index (χ2n) is 7.05. The molecule has 0 radical (unpaired) electrons. The summed E-state index contributed by atoms with van der Waals surface area (Å²) in [4.78, 5) is 12.8. The maximum absolute atomic E-state index is 14.1. The van der Waals surface area contributed by atoms with Crippen molar-refractivity contribution < 1.29 is 27.1 Å². The summed E-state index contributed by atoms with van der Waals surface area (Å²) in [5.74, 6) is -0.260. The second kappa shape index (κ2) is 7.64. The smallest absolute Gasteiger partial charge is 0.243 e. The van der Waals surface area contributed by atoms with Gasteiger partial charge in [-0.3, -0.25) is 4.79 Å². The van der Waals surface area contributed by atoms with Crippen molar-refractivity contribution in [2.75, 3.05) is 25.1 Å². The molecule has 1 fully saturated rings. The molecule has 2 aromatic rings. The van der Waals surface area contributed by atoms with Gasteiger partial charge in [-0.2, -0.15) is 4.31 Å². The first-order valence-corrected chi connectivity index (χ1v) is 10.8. The average molecular weight is 420 g/mol. The van der Waals surface area contributed by atoms with Crippen molar-refractivity contribution in [3.63, 3.8) is 0 Å². The van der Waals surface area contributed by atoms with E-state index in [1.165, 1.54) is 28.6 Å². The van der Waals surface area contributed by atoms with Gasteiger partial charge in [0.2, 0.25) is 15.9 Å². The molecule has 9 heteroatoms. The van der Waals surface area contributed by atoms with Crippen molar-refractivity contribution in [1.29, 1.82) is 0 Å². The number of fused-ring (bicyclic) bond motifs is 1. The maximum Gasteiger partial charge on any atom is 0.243 e. The number of amides is 1. The van der Waals surface area contributed by atoms with E-state index in [0.29, 0.717) is 37.6 Å². The summed E-state index contributed by atoms with van der Waals surface area (Å²) in [6.07, 6.45) is 0.904. The minimum Gasteiger partial charge on any atom is -0.486 e. The zero-order valence-electron chi connectivity index (χ0n) is 15.9. The normalized spacial score (nSPS) is 19.2. The average Bonchev–Trinajstić information content (AvgIpc) is 3.20. The van der Waals surface area contributed by atoms with Gasteiger partial charge in [0.25, 0.3) is 0 Å². The highest BCUT2D eigenvalue weighted by Crippen LogP contribution is 2.35. The van der Waals surface area contributed by atoms with Crippen LogP contribution in [-0.4, -0.2) is 44.4 Å². The molecule has 2 aromatic carbocycles. The molecule has 1 saturated heterocycles. The van der Waals surface area contributed by atoms with Crippen LogP contribution in [0.15, 0.2) is 41.3 Å². The molecular weight excluding hydrogens is 399 g/mol. The number of nitrogens with one attached hydrogen (secondary N) is 1. The first-order valence-electron chi connectivity index (χ1n) is 9.35. The Labute approximate surface area is 168 Å². The fraction of sp³-hybridized carbons (Fsp3) is 0.350. The summed E-state index contributed by atoms with van der Waals surface area (Å²) >= 11 is 0. The molecule has 0 unspecified atom stereocenters. The van der Waals surface area contributed by atoms with E-state index in [4.69, 9.17) is 9.47 Å². The van der Waals surface area contributed by atoms with Crippen LogP contribution in [0.2, 0.25) is 0 Å². The lowest BCUT2D eigenvalue weighted by atomic mass is 10.2. The van der Waals surface area contributed by atoms with Gasteiger partial charge in [-0.1, -0.05) is 6.07 Å². The van der Waals surface area contributed by atoms with Crippen LogP contribution in [0.25, 0.3) is 0 Å². The third-order valence-electron chi connectivity index (χ3n) is 5.01. The van der Waals surface area contributed by atoms with Gasteiger partial charge >= 0.3 is 0 Å². The van der Waals surface area contributed by atoms with Gasteiger partial charge in [-0.25, -0.2) is 12.8 Å². The third-order valence-corrected chi connectivity index (χ3v) is 6.91. The van der Waals surface area contributed by atoms with Crippen LogP contribution in [-0.2, 0) is 14.8 Å². The van der Waals surface area contributed by atoms with Crippen molar-refractivity contribution in [2.24, 2.45) is 0 Å². The van der Waals surface area contributed by atoms with Crippen LogP contribution in [0.4, 0.5) is 10.1 Å². The monoisotopic (exact) mass is 420 g/mol. The number of anilines is 1. The fourth-order valence-corrected chi connectivity index (χ4v) is 5.22. The molecule has 2 aliphatic rings.